The molecule has 1 aliphatic rings. The minimum atomic E-state index is 0.309. The van der Waals surface area contributed by atoms with E-state index in [2.05, 4.69) is 25.1 Å². The summed E-state index contributed by atoms with van der Waals surface area (Å²) < 4.78 is 0. The summed E-state index contributed by atoms with van der Waals surface area (Å²) in [7, 11) is 0. The van der Waals surface area contributed by atoms with E-state index >= 15 is 0 Å². The van der Waals surface area contributed by atoms with Crippen LogP contribution in [-0.4, -0.2) is 5.78 Å². The first kappa shape index (κ1) is 11.8. The summed E-state index contributed by atoms with van der Waals surface area (Å²) in [6.45, 7) is 4.06. The lowest BCUT2D eigenvalue weighted by Crippen LogP contribution is -2.08. The Morgan fingerprint density at radius 2 is 1.88 bits per heavy atom. The van der Waals surface area contributed by atoms with Gasteiger partial charge in [-0.05, 0) is 49.0 Å². The molecule has 0 saturated heterocycles. The van der Waals surface area contributed by atoms with Gasteiger partial charge in [0.05, 0.1) is 0 Å². The van der Waals surface area contributed by atoms with Crippen LogP contribution in [0.5, 0.6) is 0 Å². The number of rotatable bonds is 2. The van der Waals surface area contributed by atoms with Gasteiger partial charge in [0.15, 0.2) is 5.78 Å². The highest BCUT2D eigenvalue weighted by Gasteiger charge is 2.15. The van der Waals surface area contributed by atoms with Crippen LogP contribution in [0, 0.1) is 0 Å². The molecule has 0 atom stereocenters. The Morgan fingerprint density at radius 3 is 2.59 bits per heavy atom. The molecule has 1 aliphatic carbocycles. The fraction of sp³-hybridized carbons (Fsp3) is 0.312. The van der Waals surface area contributed by atoms with Crippen LogP contribution in [0.1, 0.15) is 38.7 Å². The van der Waals surface area contributed by atoms with Crippen molar-refractivity contribution in [3.8, 4) is 0 Å². The minimum Gasteiger partial charge on any atom is -0.295 e. The van der Waals surface area contributed by atoms with Crippen LogP contribution in [0.25, 0.3) is 5.57 Å². The average Bonchev–Trinajstić information content (AvgIpc) is 2.36. The second-order valence-electron chi connectivity index (χ2n) is 4.62. The van der Waals surface area contributed by atoms with E-state index in [1.807, 2.05) is 25.1 Å². The van der Waals surface area contributed by atoms with Gasteiger partial charge in [-0.1, -0.05) is 36.4 Å². The lowest BCUT2D eigenvalue weighted by molar-refractivity contribution is -0.116. The van der Waals surface area contributed by atoms with Gasteiger partial charge in [-0.2, -0.15) is 0 Å². The van der Waals surface area contributed by atoms with Crippen molar-refractivity contribution >= 4 is 11.4 Å². The van der Waals surface area contributed by atoms with Crippen molar-refractivity contribution in [2.45, 2.75) is 33.1 Å². The van der Waals surface area contributed by atoms with E-state index in [0.717, 1.165) is 18.4 Å². The highest BCUT2D eigenvalue weighted by Crippen LogP contribution is 2.25. The zero-order valence-corrected chi connectivity index (χ0v) is 10.5. The topological polar surface area (TPSA) is 17.1 Å². The van der Waals surface area contributed by atoms with Gasteiger partial charge in [0.2, 0.25) is 0 Å². The van der Waals surface area contributed by atoms with Gasteiger partial charge in [0.25, 0.3) is 0 Å². The molecule has 1 aromatic carbocycles. The van der Waals surface area contributed by atoms with Crippen molar-refractivity contribution in [3.05, 3.63) is 53.1 Å². The molecule has 88 valence electrons. The van der Waals surface area contributed by atoms with Crippen LogP contribution in [-0.2, 0) is 4.79 Å². The van der Waals surface area contributed by atoms with Gasteiger partial charge < -0.3 is 0 Å². The van der Waals surface area contributed by atoms with Crippen molar-refractivity contribution < 1.29 is 4.79 Å². The van der Waals surface area contributed by atoms with E-state index in [1.165, 1.54) is 16.7 Å². The molecule has 0 aliphatic heterocycles. The van der Waals surface area contributed by atoms with Gasteiger partial charge in [-0.25, -0.2) is 0 Å². The van der Waals surface area contributed by atoms with Crippen LogP contribution >= 0.6 is 0 Å². The van der Waals surface area contributed by atoms with Crippen molar-refractivity contribution in [1.82, 2.24) is 0 Å². The summed E-state index contributed by atoms with van der Waals surface area (Å²) in [6, 6.07) is 10.3. The van der Waals surface area contributed by atoms with Crippen molar-refractivity contribution in [2.75, 3.05) is 0 Å². The van der Waals surface area contributed by atoms with Gasteiger partial charge in [-0.3, -0.25) is 4.79 Å². The smallest absolute Gasteiger partial charge is 0.158 e. The van der Waals surface area contributed by atoms with E-state index < -0.39 is 0 Å². The molecule has 0 saturated carbocycles. The lowest BCUT2D eigenvalue weighted by Gasteiger charge is -2.14. The van der Waals surface area contributed by atoms with Gasteiger partial charge >= 0.3 is 0 Å². The second kappa shape index (κ2) is 5.13. The first-order chi connectivity index (χ1) is 8.18. The summed E-state index contributed by atoms with van der Waals surface area (Å²) in [4.78, 5) is 11.6. The third kappa shape index (κ3) is 2.73. The number of hydrogen-bond acceptors (Lipinski definition) is 1. The number of carbonyl (C=O) groups excluding carboxylic acids is 1. The number of ketones is 1. The molecule has 2 rings (SSSR count). The highest BCUT2D eigenvalue weighted by atomic mass is 16.1. The molecule has 0 N–H and O–H groups in total. The minimum absolute atomic E-state index is 0.309. The maximum Gasteiger partial charge on any atom is 0.158 e. The molecule has 0 bridgehead atoms. The molecule has 0 aromatic heterocycles. The molecule has 0 heterocycles. The average molecular weight is 226 g/mol. The van der Waals surface area contributed by atoms with Crippen molar-refractivity contribution in [3.63, 3.8) is 0 Å². The lowest BCUT2D eigenvalue weighted by atomic mass is 9.90. The molecule has 17 heavy (non-hydrogen) atoms. The standard InChI is InChI=1S/C16H18O/c1-12(14-7-4-3-5-8-14)11-15-9-6-10-16(17)13(15)2/h3-5,7-8,11H,6,9-10H2,1-2H3/b12-11-. The molecule has 1 aromatic rings. The fourth-order valence-electron chi connectivity index (χ4n) is 2.22. The molecule has 0 spiro atoms. The number of Topliss-reactive ketones (excluding diaryl/α,β-unsaturated/α-hetero) is 1. The van der Waals surface area contributed by atoms with Crippen molar-refractivity contribution in [1.29, 1.82) is 0 Å². The molecular formula is C16H18O. The Morgan fingerprint density at radius 1 is 1.18 bits per heavy atom. The number of carbonyl (C=O) groups is 1. The quantitative estimate of drug-likeness (QED) is 0.740. The van der Waals surface area contributed by atoms with E-state index in [4.69, 9.17) is 0 Å². The predicted molar refractivity (Wildman–Crippen MR) is 71.7 cm³/mol. The summed E-state index contributed by atoms with van der Waals surface area (Å²) in [6.07, 6.45) is 4.90. The Hall–Kier alpha value is -1.63. The Labute approximate surface area is 103 Å². The third-order valence-electron chi connectivity index (χ3n) is 3.37. The normalized spacial score (nSPS) is 17.5. The fourth-order valence-corrected chi connectivity index (χ4v) is 2.22. The van der Waals surface area contributed by atoms with Gasteiger partial charge in [0.1, 0.15) is 0 Å². The maximum absolute atomic E-state index is 11.6. The molecular weight excluding hydrogens is 208 g/mol. The zero-order valence-electron chi connectivity index (χ0n) is 10.5. The molecule has 1 nitrogen and oxygen atoms in total. The molecule has 0 unspecified atom stereocenters. The molecule has 0 radical (unpaired) electrons. The summed E-state index contributed by atoms with van der Waals surface area (Å²) in [5.74, 6) is 0.309. The maximum atomic E-state index is 11.6. The first-order valence-corrected chi connectivity index (χ1v) is 6.15. The summed E-state index contributed by atoms with van der Waals surface area (Å²) in [5.41, 5.74) is 4.62. The Kier molecular flexibility index (Phi) is 3.58. The predicted octanol–water partition coefficient (Wildman–Crippen LogP) is 4.16. The van der Waals surface area contributed by atoms with Crippen LogP contribution in [0.3, 0.4) is 0 Å². The molecule has 1 heteroatoms. The first-order valence-electron chi connectivity index (χ1n) is 6.15. The monoisotopic (exact) mass is 226 g/mol. The Balaban J connectivity index is 2.31. The van der Waals surface area contributed by atoms with Gasteiger partial charge in [0, 0.05) is 6.42 Å². The summed E-state index contributed by atoms with van der Waals surface area (Å²) >= 11 is 0. The van der Waals surface area contributed by atoms with E-state index in [-0.39, 0.29) is 0 Å². The number of allylic oxidation sites excluding steroid dienone is 4. The number of benzene rings is 1. The van der Waals surface area contributed by atoms with Crippen molar-refractivity contribution in [2.24, 2.45) is 0 Å². The SMILES string of the molecule is CC1=C(/C=C(/C)c2ccccc2)CCCC1=O. The van der Waals surface area contributed by atoms with Crippen LogP contribution in [0.2, 0.25) is 0 Å². The highest BCUT2D eigenvalue weighted by molar-refractivity contribution is 5.97. The Bertz CT molecular complexity index is 478. The zero-order chi connectivity index (χ0) is 12.3. The van der Waals surface area contributed by atoms with E-state index in [0.29, 0.717) is 12.2 Å². The van der Waals surface area contributed by atoms with E-state index in [9.17, 15) is 4.79 Å². The van der Waals surface area contributed by atoms with E-state index in [1.54, 1.807) is 0 Å². The molecule has 0 amide bonds. The van der Waals surface area contributed by atoms with Crippen LogP contribution in [0.4, 0.5) is 0 Å². The largest absolute Gasteiger partial charge is 0.295 e. The van der Waals surface area contributed by atoms with Crippen LogP contribution in [0.15, 0.2) is 47.6 Å². The van der Waals surface area contributed by atoms with Gasteiger partial charge in [-0.15, -0.1) is 0 Å². The summed E-state index contributed by atoms with van der Waals surface area (Å²) in [5, 5.41) is 0. The van der Waals surface area contributed by atoms with Crippen LogP contribution < -0.4 is 0 Å². The third-order valence-corrected chi connectivity index (χ3v) is 3.37. The number of hydrogen-bond donors (Lipinski definition) is 0. The second-order valence-corrected chi connectivity index (χ2v) is 4.62. The molecule has 0 fully saturated rings.